The van der Waals surface area contributed by atoms with Gasteiger partial charge in [0, 0.05) is 10.4 Å². The zero-order valence-electron chi connectivity index (χ0n) is 15.4. The van der Waals surface area contributed by atoms with Gasteiger partial charge >= 0.3 is 0 Å². The fourth-order valence-electron chi connectivity index (χ4n) is 2.62. The molecule has 3 rings (SSSR count). The van der Waals surface area contributed by atoms with Crippen molar-refractivity contribution in [2.75, 3.05) is 18.2 Å². The highest BCUT2D eigenvalue weighted by Crippen LogP contribution is 2.30. The molecule has 7 heteroatoms. The van der Waals surface area contributed by atoms with Crippen LogP contribution in [0.5, 0.6) is 11.5 Å². The van der Waals surface area contributed by atoms with E-state index in [0.29, 0.717) is 22.3 Å². The number of nitrogens with one attached hydrogen (secondary N) is 1. The molecular weight excluding hydrogens is 362 g/mol. The summed E-state index contributed by atoms with van der Waals surface area (Å²) in [4.78, 5) is 17.8. The Kier molecular flexibility index (Phi) is 5.61. The average Bonchev–Trinajstić information content (AvgIpc) is 3.01. The monoisotopic (exact) mass is 383 g/mol. The Hall–Kier alpha value is -3.06. The maximum atomic E-state index is 12.4. The third-order valence-electron chi connectivity index (χ3n) is 3.99. The largest absolute Gasteiger partial charge is 0.495 e. The van der Waals surface area contributed by atoms with Gasteiger partial charge in [-0.15, -0.1) is 11.3 Å². The molecule has 0 aliphatic heterocycles. The molecule has 0 aliphatic rings. The molecule has 0 aliphatic carbocycles. The highest BCUT2D eigenvalue weighted by atomic mass is 32.1. The van der Waals surface area contributed by atoms with Crippen molar-refractivity contribution in [1.29, 1.82) is 0 Å². The molecule has 140 valence electrons. The first kappa shape index (κ1) is 18.7. The van der Waals surface area contributed by atoms with Crippen molar-refractivity contribution in [3.05, 3.63) is 53.4 Å². The lowest BCUT2D eigenvalue weighted by molar-refractivity contribution is -0.122. The maximum absolute atomic E-state index is 12.4. The number of methoxy groups -OCH3 is 1. The number of hydrogen-bond donors (Lipinski definition) is 2. The van der Waals surface area contributed by atoms with E-state index in [-0.39, 0.29) is 5.91 Å². The Balaban J connectivity index is 1.66. The van der Waals surface area contributed by atoms with E-state index < -0.39 is 6.10 Å². The van der Waals surface area contributed by atoms with Crippen molar-refractivity contribution < 1.29 is 14.3 Å². The molecule has 0 bridgehead atoms. The van der Waals surface area contributed by atoms with Crippen molar-refractivity contribution in [3.63, 3.8) is 0 Å². The van der Waals surface area contributed by atoms with E-state index in [1.54, 1.807) is 26.2 Å². The van der Waals surface area contributed by atoms with Gasteiger partial charge in [0.05, 0.1) is 18.5 Å². The number of nitrogens with zero attached hydrogens (tertiary/aromatic N) is 1. The molecule has 1 amide bonds. The van der Waals surface area contributed by atoms with Gasteiger partial charge in [-0.2, -0.15) is 0 Å². The lowest BCUT2D eigenvalue weighted by Gasteiger charge is -2.16. The fraction of sp³-hybridized carbons (Fsp3) is 0.200. The molecule has 27 heavy (non-hydrogen) atoms. The van der Waals surface area contributed by atoms with Crippen molar-refractivity contribution in [3.8, 4) is 22.8 Å². The summed E-state index contributed by atoms with van der Waals surface area (Å²) in [6.07, 6.45) is -0.669. The number of carbonyl (C=O) groups is 1. The first-order valence-electron chi connectivity index (χ1n) is 8.42. The van der Waals surface area contributed by atoms with Crippen LogP contribution in [-0.2, 0) is 4.79 Å². The molecule has 6 nitrogen and oxygen atoms in total. The zero-order valence-corrected chi connectivity index (χ0v) is 16.2. The summed E-state index contributed by atoms with van der Waals surface area (Å²) >= 11 is 1.46. The Bertz CT molecular complexity index is 938. The fourth-order valence-corrected chi connectivity index (χ4v) is 3.33. The quantitative estimate of drug-likeness (QED) is 0.669. The Morgan fingerprint density at radius 1 is 1.19 bits per heavy atom. The molecule has 0 fully saturated rings. The summed E-state index contributed by atoms with van der Waals surface area (Å²) < 4.78 is 11.0. The topological polar surface area (TPSA) is 86.5 Å². The molecule has 3 aromatic rings. The van der Waals surface area contributed by atoms with Gasteiger partial charge in [0.1, 0.15) is 11.5 Å². The summed E-state index contributed by atoms with van der Waals surface area (Å²) in [5.41, 5.74) is 8.19. The molecule has 3 N–H and O–H groups in total. The summed E-state index contributed by atoms with van der Waals surface area (Å²) in [6, 6.07) is 14.7. The molecule has 0 spiro atoms. The van der Waals surface area contributed by atoms with Gasteiger partial charge in [0.2, 0.25) is 0 Å². The predicted octanol–water partition coefficient (Wildman–Crippen LogP) is 4.12. The van der Waals surface area contributed by atoms with E-state index >= 15 is 0 Å². The Labute approximate surface area is 162 Å². The van der Waals surface area contributed by atoms with Crippen molar-refractivity contribution in [2.45, 2.75) is 20.0 Å². The van der Waals surface area contributed by atoms with Gasteiger partial charge in [-0.1, -0.05) is 12.1 Å². The van der Waals surface area contributed by atoms with Gasteiger partial charge in [0.15, 0.2) is 11.2 Å². The lowest BCUT2D eigenvalue weighted by Crippen LogP contribution is -2.30. The van der Waals surface area contributed by atoms with Crippen molar-refractivity contribution in [1.82, 2.24) is 4.98 Å². The van der Waals surface area contributed by atoms with Crippen molar-refractivity contribution >= 4 is 28.1 Å². The molecule has 0 radical (unpaired) electrons. The number of anilines is 2. The van der Waals surface area contributed by atoms with E-state index in [0.717, 1.165) is 16.1 Å². The van der Waals surface area contributed by atoms with Crippen LogP contribution in [-0.4, -0.2) is 24.1 Å². The molecule has 2 aromatic carbocycles. The third kappa shape index (κ3) is 4.38. The number of carbonyl (C=O) groups excluding carboxylic acids is 1. The zero-order chi connectivity index (χ0) is 19.4. The van der Waals surface area contributed by atoms with Crippen LogP contribution < -0.4 is 20.5 Å². The minimum Gasteiger partial charge on any atom is -0.495 e. The third-order valence-corrected chi connectivity index (χ3v) is 4.79. The number of ether oxygens (including phenoxy) is 2. The average molecular weight is 383 g/mol. The van der Waals surface area contributed by atoms with E-state index in [4.69, 9.17) is 15.2 Å². The summed E-state index contributed by atoms with van der Waals surface area (Å²) in [7, 11) is 1.56. The van der Waals surface area contributed by atoms with Crippen LogP contribution in [0.15, 0.2) is 48.5 Å². The lowest BCUT2D eigenvalue weighted by atomic mass is 10.1. The number of thiazole rings is 1. The number of benzene rings is 2. The number of aryl methyl sites for hydroxylation is 1. The van der Waals surface area contributed by atoms with E-state index in [1.807, 2.05) is 43.3 Å². The molecular formula is C20H21N3O3S. The van der Waals surface area contributed by atoms with Gasteiger partial charge in [0.25, 0.3) is 5.91 Å². The molecule has 0 saturated carbocycles. The molecule has 1 unspecified atom stereocenters. The SMILES string of the molecule is COc1ccccc1NC(=O)C(C)Oc1ccc(-c2nc(N)sc2C)cc1. The first-order valence-corrected chi connectivity index (χ1v) is 9.23. The van der Waals surface area contributed by atoms with Crippen LogP contribution in [0, 0.1) is 6.92 Å². The number of nitrogens with two attached hydrogens (primary N) is 1. The number of rotatable bonds is 6. The minimum atomic E-state index is -0.669. The van der Waals surface area contributed by atoms with Crippen molar-refractivity contribution in [2.24, 2.45) is 0 Å². The van der Waals surface area contributed by atoms with E-state index in [1.165, 1.54) is 11.3 Å². The maximum Gasteiger partial charge on any atom is 0.265 e. The van der Waals surface area contributed by atoms with Crippen LogP contribution >= 0.6 is 11.3 Å². The second-order valence-electron chi connectivity index (χ2n) is 5.93. The molecule has 1 aromatic heterocycles. The first-order chi connectivity index (χ1) is 13.0. The van der Waals surface area contributed by atoms with Crippen LogP contribution in [0.25, 0.3) is 11.3 Å². The minimum absolute atomic E-state index is 0.258. The van der Waals surface area contributed by atoms with Gasteiger partial charge in [-0.25, -0.2) is 4.98 Å². The number of hydrogen-bond acceptors (Lipinski definition) is 6. The van der Waals surface area contributed by atoms with Crippen LogP contribution in [0.3, 0.4) is 0 Å². The second-order valence-corrected chi connectivity index (χ2v) is 7.17. The van der Waals surface area contributed by atoms with E-state index in [2.05, 4.69) is 10.3 Å². The standard InChI is InChI=1S/C20H21N3O3S/c1-12(19(24)22-16-6-4-5-7-17(16)25-3)26-15-10-8-14(9-11-15)18-13(2)27-20(21)23-18/h4-12H,1-3H3,(H2,21,23)(H,22,24). The number of amides is 1. The number of aromatic nitrogens is 1. The summed E-state index contributed by atoms with van der Waals surface area (Å²) in [5.74, 6) is 0.939. The Morgan fingerprint density at radius 2 is 1.89 bits per heavy atom. The molecule has 0 saturated heterocycles. The highest BCUT2D eigenvalue weighted by Gasteiger charge is 2.17. The predicted molar refractivity (Wildman–Crippen MR) is 108 cm³/mol. The number of nitrogen functional groups attached to an aromatic ring is 1. The normalized spacial score (nSPS) is 11.7. The van der Waals surface area contributed by atoms with Crippen LogP contribution in [0.4, 0.5) is 10.8 Å². The summed E-state index contributed by atoms with van der Waals surface area (Å²) in [6.45, 7) is 3.68. The smallest absolute Gasteiger partial charge is 0.265 e. The van der Waals surface area contributed by atoms with Gasteiger partial charge in [-0.05, 0) is 50.2 Å². The summed E-state index contributed by atoms with van der Waals surface area (Å²) in [5, 5.41) is 3.36. The van der Waals surface area contributed by atoms with Crippen LogP contribution in [0.2, 0.25) is 0 Å². The second kappa shape index (κ2) is 8.09. The molecule has 1 atom stereocenters. The highest BCUT2D eigenvalue weighted by molar-refractivity contribution is 7.15. The Morgan fingerprint density at radius 3 is 2.52 bits per heavy atom. The van der Waals surface area contributed by atoms with Gasteiger partial charge in [-0.3, -0.25) is 4.79 Å². The van der Waals surface area contributed by atoms with E-state index in [9.17, 15) is 4.79 Å². The molecule has 1 heterocycles. The number of para-hydroxylation sites is 2. The van der Waals surface area contributed by atoms with Crippen LogP contribution in [0.1, 0.15) is 11.8 Å². The van der Waals surface area contributed by atoms with Gasteiger partial charge < -0.3 is 20.5 Å².